The third-order valence-electron chi connectivity index (χ3n) is 1.92. The van der Waals surface area contributed by atoms with E-state index in [9.17, 15) is 0 Å². The van der Waals surface area contributed by atoms with E-state index in [-0.39, 0.29) is 5.38 Å². The monoisotopic (exact) mass is 226 g/mol. The fourth-order valence-corrected chi connectivity index (χ4v) is 1.25. The minimum Gasteiger partial charge on any atom is -0.369 e. The van der Waals surface area contributed by atoms with E-state index in [1.807, 2.05) is 13.0 Å². The summed E-state index contributed by atoms with van der Waals surface area (Å²) in [5.74, 6) is 0.743. The lowest BCUT2D eigenvalue weighted by Crippen LogP contribution is -2.09. The lowest BCUT2D eigenvalue weighted by atomic mass is 10.3. The van der Waals surface area contributed by atoms with Crippen LogP contribution in [0.15, 0.2) is 12.1 Å². The van der Waals surface area contributed by atoms with Gasteiger partial charge in [-0.25, -0.2) is 0 Å². The van der Waals surface area contributed by atoms with Gasteiger partial charge in [0, 0.05) is 11.9 Å². The number of fused-ring (bicyclic) bond motifs is 1. The summed E-state index contributed by atoms with van der Waals surface area (Å²) < 4.78 is 1.38. The Morgan fingerprint density at radius 3 is 3.20 bits per heavy atom. The van der Waals surface area contributed by atoms with Crippen LogP contribution in [0.5, 0.6) is 0 Å². The van der Waals surface area contributed by atoms with Gasteiger partial charge in [-0.3, -0.25) is 0 Å². The number of nitrogens with one attached hydrogen (secondary N) is 1. The van der Waals surface area contributed by atoms with Crippen LogP contribution in [0, 0.1) is 0 Å². The molecule has 0 bridgehead atoms. The molecule has 80 valence electrons. The topological polar surface area (TPSA) is 68.0 Å². The molecular weight excluding hydrogens is 216 g/mol. The van der Waals surface area contributed by atoms with Gasteiger partial charge in [-0.05, 0) is 35.9 Å². The van der Waals surface area contributed by atoms with Gasteiger partial charge in [0.15, 0.2) is 5.65 Å². The first kappa shape index (κ1) is 10.1. The summed E-state index contributed by atoms with van der Waals surface area (Å²) in [6.45, 7) is 2.74. The number of anilines is 1. The largest absolute Gasteiger partial charge is 0.369 e. The van der Waals surface area contributed by atoms with E-state index in [0.717, 1.165) is 18.8 Å². The van der Waals surface area contributed by atoms with E-state index in [2.05, 4.69) is 25.9 Å². The van der Waals surface area contributed by atoms with E-state index in [4.69, 9.17) is 11.6 Å². The molecular formula is C8H11ClN6. The summed E-state index contributed by atoms with van der Waals surface area (Å²) >= 11 is 5.82. The summed E-state index contributed by atoms with van der Waals surface area (Å²) in [5.41, 5.74) is 0.631. The summed E-state index contributed by atoms with van der Waals surface area (Å²) in [5, 5.41) is 18.4. The first-order valence-electron chi connectivity index (χ1n) is 4.69. The molecule has 0 aromatic carbocycles. The van der Waals surface area contributed by atoms with Crippen molar-refractivity contribution >= 4 is 23.1 Å². The standard InChI is InChI=1S/C8H11ClN6/c1-6(9)4-5-10-7-2-3-8-11-13-14-15(8)12-7/h2-3,6H,4-5H2,1H3,(H,10,12). The maximum atomic E-state index is 5.82. The second-order valence-corrected chi connectivity index (χ2v) is 3.99. The van der Waals surface area contributed by atoms with Crippen LogP contribution in [-0.2, 0) is 0 Å². The second kappa shape index (κ2) is 4.39. The summed E-state index contributed by atoms with van der Waals surface area (Å²) in [4.78, 5) is 0. The minimum atomic E-state index is 0.161. The highest BCUT2D eigenvalue weighted by Crippen LogP contribution is 2.05. The van der Waals surface area contributed by atoms with Crippen molar-refractivity contribution in [3.63, 3.8) is 0 Å². The zero-order chi connectivity index (χ0) is 10.7. The Hall–Kier alpha value is -1.43. The molecule has 2 aromatic rings. The van der Waals surface area contributed by atoms with Crippen LogP contribution in [0.25, 0.3) is 5.65 Å². The SMILES string of the molecule is CC(Cl)CCNc1ccc2nnnn2n1. The van der Waals surface area contributed by atoms with Crippen molar-refractivity contribution in [2.75, 3.05) is 11.9 Å². The molecule has 6 nitrogen and oxygen atoms in total. The Kier molecular flexibility index (Phi) is 2.96. The lowest BCUT2D eigenvalue weighted by molar-refractivity contribution is 0.731. The zero-order valence-corrected chi connectivity index (χ0v) is 9.02. The zero-order valence-electron chi connectivity index (χ0n) is 8.26. The van der Waals surface area contributed by atoms with Crippen molar-refractivity contribution in [2.24, 2.45) is 0 Å². The average Bonchev–Trinajstić information content (AvgIpc) is 2.64. The Bertz CT molecular complexity index is 439. The second-order valence-electron chi connectivity index (χ2n) is 3.24. The Morgan fingerprint density at radius 2 is 2.40 bits per heavy atom. The molecule has 0 saturated carbocycles. The van der Waals surface area contributed by atoms with Crippen LogP contribution >= 0.6 is 11.6 Å². The number of hydrogen-bond donors (Lipinski definition) is 1. The van der Waals surface area contributed by atoms with Gasteiger partial charge in [-0.1, -0.05) is 0 Å². The molecule has 0 amide bonds. The third-order valence-corrected chi connectivity index (χ3v) is 2.14. The van der Waals surface area contributed by atoms with Crippen LogP contribution < -0.4 is 5.32 Å². The fraction of sp³-hybridized carbons (Fsp3) is 0.500. The van der Waals surface area contributed by atoms with E-state index < -0.39 is 0 Å². The molecule has 0 aliphatic rings. The van der Waals surface area contributed by atoms with Gasteiger partial charge in [-0.2, -0.15) is 0 Å². The van der Waals surface area contributed by atoms with Gasteiger partial charge in [-0.15, -0.1) is 26.4 Å². The van der Waals surface area contributed by atoms with E-state index in [1.54, 1.807) is 6.07 Å². The molecule has 0 aliphatic carbocycles. The van der Waals surface area contributed by atoms with Gasteiger partial charge in [0.2, 0.25) is 0 Å². The van der Waals surface area contributed by atoms with E-state index in [1.165, 1.54) is 4.63 Å². The van der Waals surface area contributed by atoms with Crippen molar-refractivity contribution in [3.8, 4) is 0 Å². The van der Waals surface area contributed by atoms with Crippen molar-refractivity contribution < 1.29 is 0 Å². The molecule has 0 radical (unpaired) electrons. The van der Waals surface area contributed by atoms with Crippen LogP contribution in [0.3, 0.4) is 0 Å². The van der Waals surface area contributed by atoms with Gasteiger partial charge in [0.05, 0.1) is 0 Å². The molecule has 0 fully saturated rings. The molecule has 2 rings (SSSR count). The third kappa shape index (κ3) is 2.53. The first-order valence-corrected chi connectivity index (χ1v) is 5.13. The molecule has 2 heterocycles. The molecule has 1 atom stereocenters. The smallest absolute Gasteiger partial charge is 0.200 e. The Balaban J connectivity index is 2.02. The predicted molar refractivity (Wildman–Crippen MR) is 57.0 cm³/mol. The van der Waals surface area contributed by atoms with Gasteiger partial charge in [0.25, 0.3) is 0 Å². The highest BCUT2D eigenvalue weighted by Gasteiger charge is 2.00. The molecule has 7 heteroatoms. The predicted octanol–water partition coefficient (Wildman–Crippen LogP) is 0.949. The number of rotatable bonds is 4. The van der Waals surface area contributed by atoms with Gasteiger partial charge < -0.3 is 5.32 Å². The van der Waals surface area contributed by atoms with Gasteiger partial charge in [0.1, 0.15) is 5.82 Å². The Morgan fingerprint density at radius 1 is 1.53 bits per heavy atom. The average molecular weight is 227 g/mol. The van der Waals surface area contributed by atoms with Crippen molar-refractivity contribution in [3.05, 3.63) is 12.1 Å². The molecule has 0 spiro atoms. The molecule has 2 aromatic heterocycles. The van der Waals surface area contributed by atoms with E-state index in [0.29, 0.717) is 5.65 Å². The molecule has 1 unspecified atom stereocenters. The summed E-state index contributed by atoms with van der Waals surface area (Å²) in [6, 6.07) is 3.64. The number of tetrazole rings is 1. The van der Waals surface area contributed by atoms with Crippen LogP contribution in [0.4, 0.5) is 5.82 Å². The fourth-order valence-electron chi connectivity index (χ4n) is 1.14. The first-order chi connectivity index (χ1) is 7.25. The van der Waals surface area contributed by atoms with Crippen molar-refractivity contribution in [2.45, 2.75) is 18.7 Å². The van der Waals surface area contributed by atoms with Crippen LogP contribution in [0.2, 0.25) is 0 Å². The molecule has 0 aliphatic heterocycles. The molecule has 15 heavy (non-hydrogen) atoms. The molecule has 0 saturated heterocycles. The number of nitrogens with zero attached hydrogens (tertiary/aromatic N) is 5. The summed E-state index contributed by atoms with van der Waals surface area (Å²) in [6.07, 6.45) is 0.886. The summed E-state index contributed by atoms with van der Waals surface area (Å²) in [7, 11) is 0. The highest BCUT2D eigenvalue weighted by molar-refractivity contribution is 6.20. The number of aromatic nitrogens is 5. The normalized spacial score (nSPS) is 12.9. The quantitative estimate of drug-likeness (QED) is 0.787. The highest BCUT2D eigenvalue weighted by atomic mass is 35.5. The Labute approximate surface area is 91.6 Å². The number of halogens is 1. The van der Waals surface area contributed by atoms with Crippen molar-refractivity contribution in [1.82, 2.24) is 25.3 Å². The number of hydrogen-bond acceptors (Lipinski definition) is 5. The van der Waals surface area contributed by atoms with Crippen molar-refractivity contribution in [1.29, 1.82) is 0 Å². The maximum Gasteiger partial charge on any atom is 0.200 e. The maximum absolute atomic E-state index is 5.82. The molecule has 1 N–H and O–H groups in total. The van der Waals surface area contributed by atoms with E-state index >= 15 is 0 Å². The lowest BCUT2D eigenvalue weighted by Gasteiger charge is -2.05. The van der Waals surface area contributed by atoms with Crippen LogP contribution in [0.1, 0.15) is 13.3 Å². The van der Waals surface area contributed by atoms with Gasteiger partial charge >= 0.3 is 0 Å². The number of alkyl halides is 1. The van der Waals surface area contributed by atoms with Crippen LogP contribution in [-0.4, -0.2) is 37.2 Å². The minimum absolute atomic E-state index is 0.161.